The number of sulfonamides is 1. The van der Waals surface area contributed by atoms with E-state index in [1.165, 1.54) is 0 Å². The van der Waals surface area contributed by atoms with Crippen molar-refractivity contribution < 1.29 is 8.42 Å². The Morgan fingerprint density at radius 1 is 1.21 bits per heavy atom. The second kappa shape index (κ2) is 5.92. The first-order chi connectivity index (χ1) is 8.68. The quantitative estimate of drug-likeness (QED) is 0.872. The largest absolute Gasteiger partial charge is 0.318 e. The molecule has 0 bridgehead atoms. The van der Waals surface area contributed by atoms with Crippen molar-refractivity contribution in [1.82, 2.24) is 5.32 Å². The molecule has 5 heteroatoms. The van der Waals surface area contributed by atoms with Crippen LogP contribution in [0.1, 0.15) is 33.3 Å². The van der Waals surface area contributed by atoms with E-state index in [0.29, 0.717) is 12.2 Å². The monoisotopic (exact) mass is 284 g/mol. The molecule has 19 heavy (non-hydrogen) atoms. The maximum Gasteiger partial charge on any atom is 0.236 e. The first-order valence-electron chi connectivity index (χ1n) is 6.44. The number of rotatable bonds is 5. The topological polar surface area (TPSA) is 58.2 Å². The van der Waals surface area contributed by atoms with E-state index in [0.717, 1.165) is 5.56 Å². The van der Waals surface area contributed by atoms with Crippen molar-refractivity contribution in [2.75, 3.05) is 18.3 Å². The fourth-order valence-electron chi connectivity index (χ4n) is 1.88. The molecule has 0 spiro atoms. The van der Waals surface area contributed by atoms with E-state index in [9.17, 15) is 8.42 Å². The molecule has 0 radical (unpaired) electrons. The summed E-state index contributed by atoms with van der Waals surface area (Å²) in [5.41, 5.74) is 1.55. The SMILES string of the molecule is CNCC(C)S(=O)(=O)Nc1ccccc1C(C)(C)C. The summed E-state index contributed by atoms with van der Waals surface area (Å²) < 4.78 is 27.1. The summed E-state index contributed by atoms with van der Waals surface area (Å²) in [5.74, 6) is 0. The summed E-state index contributed by atoms with van der Waals surface area (Å²) in [4.78, 5) is 0. The predicted molar refractivity (Wildman–Crippen MR) is 81.1 cm³/mol. The normalized spacial score (nSPS) is 14.2. The van der Waals surface area contributed by atoms with Gasteiger partial charge in [-0.1, -0.05) is 39.0 Å². The van der Waals surface area contributed by atoms with Gasteiger partial charge in [0.25, 0.3) is 0 Å². The van der Waals surface area contributed by atoms with E-state index in [1.807, 2.05) is 24.3 Å². The lowest BCUT2D eigenvalue weighted by Gasteiger charge is -2.24. The number of benzene rings is 1. The van der Waals surface area contributed by atoms with E-state index < -0.39 is 15.3 Å². The molecular weight excluding hydrogens is 260 g/mol. The van der Waals surface area contributed by atoms with Gasteiger partial charge in [-0.15, -0.1) is 0 Å². The number of nitrogens with one attached hydrogen (secondary N) is 2. The van der Waals surface area contributed by atoms with Crippen LogP contribution in [0.2, 0.25) is 0 Å². The van der Waals surface area contributed by atoms with Crippen molar-refractivity contribution in [1.29, 1.82) is 0 Å². The third-order valence-corrected chi connectivity index (χ3v) is 4.74. The van der Waals surface area contributed by atoms with Gasteiger partial charge < -0.3 is 5.32 Å². The molecule has 0 fully saturated rings. The van der Waals surface area contributed by atoms with Crippen LogP contribution in [0.25, 0.3) is 0 Å². The lowest BCUT2D eigenvalue weighted by atomic mass is 9.86. The van der Waals surface area contributed by atoms with Crippen molar-refractivity contribution in [3.05, 3.63) is 29.8 Å². The van der Waals surface area contributed by atoms with Crippen molar-refractivity contribution in [2.45, 2.75) is 38.4 Å². The molecule has 4 nitrogen and oxygen atoms in total. The summed E-state index contributed by atoms with van der Waals surface area (Å²) >= 11 is 0. The number of para-hydroxylation sites is 1. The molecule has 0 aliphatic heterocycles. The van der Waals surface area contributed by atoms with Crippen LogP contribution in [0.3, 0.4) is 0 Å². The maximum atomic E-state index is 12.2. The molecule has 1 aromatic carbocycles. The highest BCUT2D eigenvalue weighted by Crippen LogP contribution is 2.30. The highest BCUT2D eigenvalue weighted by Gasteiger charge is 2.24. The molecule has 1 atom stereocenters. The van der Waals surface area contributed by atoms with Crippen molar-refractivity contribution in [2.24, 2.45) is 0 Å². The molecule has 0 aliphatic rings. The summed E-state index contributed by atoms with van der Waals surface area (Å²) in [5, 5.41) is 2.40. The second-order valence-corrected chi connectivity index (χ2v) is 7.91. The van der Waals surface area contributed by atoms with E-state index in [2.05, 4.69) is 30.8 Å². The fraction of sp³-hybridized carbons (Fsp3) is 0.571. The highest BCUT2D eigenvalue weighted by atomic mass is 32.2. The first-order valence-corrected chi connectivity index (χ1v) is 7.99. The van der Waals surface area contributed by atoms with Gasteiger partial charge in [0.05, 0.1) is 10.9 Å². The molecule has 0 amide bonds. The standard InChI is InChI=1S/C14H24N2O2S/c1-11(10-15-5)19(17,18)16-13-9-7-6-8-12(13)14(2,3)4/h6-9,11,15-16H,10H2,1-5H3. The summed E-state index contributed by atoms with van der Waals surface area (Å²) in [6.07, 6.45) is 0. The van der Waals surface area contributed by atoms with Gasteiger partial charge in [-0.05, 0) is 31.0 Å². The molecule has 1 aromatic rings. The van der Waals surface area contributed by atoms with Gasteiger partial charge in [-0.3, -0.25) is 4.72 Å². The van der Waals surface area contributed by atoms with Gasteiger partial charge in [-0.2, -0.15) is 0 Å². The van der Waals surface area contributed by atoms with Crippen molar-refractivity contribution >= 4 is 15.7 Å². The zero-order valence-corrected chi connectivity index (χ0v) is 13.1. The van der Waals surface area contributed by atoms with Gasteiger partial charge in [0.2, 0.25) is 10.0 Å². The molecule has 0 saturated heterocycles. The van der Waals surface area contributed by atoms with Crippen LogP contribution in [0.5, 0.6) is 0 Å². The smallest absolute Gasteiger partial charge is 0.236 e. The minimum absolute atomic E-state index is 0.106. The van der Waals surface area contributed by atoms with E-state index in [-0.39, 0.29) is 5.41 Å². The third kappa shape index (κ3) is 4.21. The van der Waals surface area contributed by atoms with Crippen molar-refractivity contribution in [3.8, 4) is 0 Å². The van der Waals surface area contributed by atoms with Crippen LogP contribution in [0.4, 0.5) is 5.69 Å². The second-order valence-electron chi connectivity index (χ2n) is 5.81. The summed E-state index contributed by atoms with van der Waals surface area (Å²) in [6.45, 7) is 8.32. The molecule has 0 saturated carbocycles. The number of hydrogen-bond acceptors (Lipinski definition) is 3. The average molecular weight is 284 g/mol. The van der Waals surface area contributed by atoms with Gasteiger partial charge >= 0.3 is 0 Å². The summed E-state index contributed by atoms with van der Waals surface area (Å²) in [7, 11) is -1.63. The molecule has 1 rings (SSSR count). The molecule has 108 valence electrons. The Bertz CT molecular complexity index is 518. The first kappa shape index (κ1) is 16.0. The Morgan fingerprint density at radius 3 is 2.32 bits per heavy atom. The Labute approximate surface area is 116 Å². The van der Waals surface area contributed by atoms with Crippen LogP contribution in [0, 0.1) is 0 Å². The van der Waals surface area contributed by atoms with Gasteiger partial charge in [0, 0.05) is 6.54 Å². The lowest BCUT2D eigenvalue weighted by Crippen LogP contribution is -2.34. The molecule has 0 aliphatic carbocycles. The van der Waals surface area contributed by atoms with E-state index >= 15 is 0 Å². The minimum Gasteiger partial charge on any atom is -0.318 e. The average Bonchev–Trinajstić information content (AvgIpc) is 2.28. The zero-order chi connectivity index (χ0) is 14.7. The van der Waals surface area contributed by atoms with Crippen LogP contribution in [-0.2, 0) is 15.4 Å². The lowest BCUT2D eigenvalue weighted by molar-refractivity contribution is 0.581. The molecular formula is C14H24N2O2S. The van der Waals surface area contributed by atoms with Crippen LogP contribution < -0.4 is 10.0 Å². The molecule has 0 heterocycles. The molecule has 1 unspecified atom stereocenters. The minimum atomic E-state index is -3.37. The Hall–Kier alpha value is -1.07. The Kier molecular flexibility index (Phi) is 4.98. The van der Waals surface area contributed by atoms with Gasteiger partial charge in [-0.25, -0.2) is 8.42 Å². The fourth-order valence-corrected chi connectivity index (χ4v) is 2.95. The van der Waals surface area contributed by atoms with E-state index in [1.54, 1.807) is 14.0 Å². The van der Waals surface area contributed by atoms with Crippen molar-refractivity contribution in [3.63, 3.8) is 0 Å². The van der Waals surface area contributed by atoms with E-state index in [4.69, 9.17) is 0 Å². The predicted octanol–water partition coefficient (Wildman–Crippen LogP) is 2.33. The van der Waals surface area contributed by atoms with Crippen LogP contribution in [-0.4, -0.2) is 27.3 Å². The molecule has 2 N–H and O–H groups in total. The number of hydrogen-bond donors (Lipinski definition) is 2. The van der Waals surface area contributed by atoms with Gasteiger partial charge in [0.1, 0.15) is 0 Å². The molecule has 0 aromatic heterocycles. The Morgan fingerprint density at radius 2 is 1.79 bits per heavy atom. The Balaban J connectivity index is 3.07. The van der Waals surface area contributed by atoms with Crippen LogP contribution >= 0.6 is 0 Å². The maximum absolute atomic E-state index is 12.2. The van der Waals surface area contributed by atoms with Crippen LogP contribution in [0.15, 0.2) is 24.3 Å². The summed E-state index contributed by atoms with van der Waals surface area (Å²) in [6, 6.07) is 7.54. The van der Waals surface area contributed by atoms with Gasteiger partial charge in [0.15, 0.2) is 0 Å². The number of anilines is 1. The highest BCUT2D eigenvalue weighted by molar-refractivity contribution is 7.93. The zero-order valence-electron chi connectivity index (χ0n) is 12.3. The third-order valence-electron chi connectivity index (χ3n) is 3.01.